The third-order valence-corrected chi connectivity index (χ3v) is 7.29. The normalized spacial score (nSPS) is 23.6. The number of urea groups is 1. The van der Waals surface area contributed by atoms with Crippen LogP contribution < -0.4 is 10.1 Å². The Balaban J connectivity index is 1.54. The van der Waals surface area contributed by atoms with Gasteiger partial charge in [0.2, 0.25) is 0 Å². The molecule has 0 spiro atoms. The summed E-state index contributed by atoms with van der Waals surface area (Å²) in [6, 6.07) is 18.2. The standard InChI is InChI=1S/C29H38N4O3/c1-5-21-18-32(2)28(17-25(21)23-11-13-24(36-4)14-12-23)31-29(34)30-27-20-33(15-16-35-3)19-26(27)22-9-7-6-8-10-22/h6-14,17,21,26-27H,5,15-16,18-20H2,1-4H3,(H,30,34). The second kappa shape index (κ2) is 12.2. The Bertz CT molecular complexity index is 1070. The van der Waals surface area contributed by atoms with E-state index in [1.807, 2.05) is 25.2 Å². The van der Waals surface area contributed by atoms with Crippen molar-refractivity contribution in [1.82, 2.24) is 15.1 Å². The fraction of sp³-hybridized carbons (Fsp3) is 0.448. The SMILES string of the molecule is CCC1CN(C)C(=NC(=O)NC2CN(CCOC)CC2c2ccccc2)C=C1c1ccc(OC)cc1. The van der Waals surface area contributed by atoms with E-state index in [0.29, 0.717) is 18.4 Å². The Morgan fingerprint density at radius 2 is 1.81 bits per heavy atom. The van der Waals surface area contributed by atoms with Crippen molar-refractivity contribution in [3.63, 3.8) is 0 Å². The number of nitrogens with zero attached hydrogens (tertiary/aromatic N) is 3. The van der Waals surface area contributed by atoms with Gasteiger partial charge in [-0.3, -0.25) is 4.90 Å². The van der Waals surface area contributed by atoms with Crippen LogP contribution in [0.25, 0.3) is 5.57 Å². The van der Waals surface area contributed by atoms with Gasteiger partial charge in [0.15, 0.2) is 0 Å². The minimum absolute atomic E-state index is 0.0107. The number of likely N-dealkylation sites (tertiary alicyclic amines) is 1. The lowest BCUT2D eigenvalue weighted by Crippen LogP contribution is -2.41. The smallest absolute Gasteiger partial charge is 0.343 e. The number of hydrogen-bond donors (Lipinski definition) is 1. The molecule has 2 amide bonds. The maximum absolute atomic E-state index is 13.2. The lowest BCUT2D eigenvalue weighted by Gasteiger charge is -2.32. The Labute approximate surface area is 214 Å². The first-order valence-corrected chi connectivity index (χ1v) is 12.7. The van der Waals surface area contributed by atoms with Gasteiger partial charge >= 0.3 is 6.03 Å². The van der Waals surface area contributed by atoms with E-state index in [0.717, 1.165) is 43.9 Å². The zero-order chi connectivity index (χ0) is 25.5. The van der Waals surface area contributed by atoms with Crippen molar-refractivity contribution in [1.29, 1.82) is 0 Å². The predicted molar refractivity (Wildman–Crippen MR) is 145 cm³/mol. The second-order valence-corrected chi connectivity index (χ2v) is 9.61. The monoisotopic (exact) mass is 490 g/mol. The molecule has 192 valence electrons. The minimum Gasteiger partial charge on any atom is -0.497 e. The molecule has 1 N–H and O–H groups in total. The molecule has 2 aromatic rings. The summed E-state index contributed by atoms with van der Waals surface area (Å²) in [5, 5.41) is 3.22. The Morgan fingerprint density at radius 3 is 2.47 bits per heavy atom. The van der Waals surface area contributed by atoms with E-state index in [4.69, 9.17) is 9.47 Å². The molecule has 2 aliphatic rings. The fourth-order valence-electron chi connectivity index (χ4n) is 5.23. The van der Waals surface area contributed by atoms with Crippen molar-refractivity contribution in [2.24, 2.45) is 10.9 Å². The number of likely N-dealkylation sites (N-methyl/N-ethyl adjacent to an activating group) is 1. The molecule has 1 fully saturated rings. The second-order valence-electron chi connectivity index (χ2n) is 9.61. The first-order valence-electron chi connectivity index (χ1n) is 12.7. The average Bonchev–Trinajstić information content (AvgIpc) is 3.31. The number of methoxy groups -OCH3 is 2. The van der Waals surface area contributed by atoms with Crippen LogP contribution >= 0.6 is 0 Å². The van der Waals surface area contributed by atoms with Gasteiger partial charge in [-0.15, -0.1) is 0 Å². The van der Waals surface area contributed by atoms with E-state index in [1.165, 1.54) is 11.1 Å². The van der Waals surface area contributed by atoms with Crippen LogP contribution in [0.2, 0.25) is 0 Å². The highest BCUT2D eigenvalue weighted by atomic mass is 16.5. The van der Waals surface area contributed by atoms with Crippen LogP contribution in [0.1, 0.15) is 30.4 Å². The number of rotatable bonds is 8. The van der Waals surface area contributed by atoms with Gasteiger partial charge < -0.3 is 19.7 Å². The van der Waals surface area contributed by atoms with Crippen molar-refractivity contribution >= 4 is 17.4 Å². The van der Waals surface area contributed by atoms with Crippen molar-refractivity contribution in [3.05, 3.63) is 71.8 Å². The number of amidine groups is 1. The number of amides is 2. The summed E-state index contributed by atoms with van der Waals surface area (Å²) in [7, 11) is 5.40. The van der Waals surface area contributed by atoms with E-state index in [2.05, 4.69) is 69.5 Å². The molecule has 2 aliphatic heterocycles. The zero-order valence-electron chi connectivity index (χ0n) is 21.8. The maximum atomic E-state index is 13.2. The number of benzene rings is 2. The highest BCUT2D eigenvalue weighted by Gasteiger charge is 2.35. The van der Waals surface area contributed by atoms with Gasteiger partial charge in [-0.1, -0.05) is 49.4 Å². The summed E-state index contributed by atoms with van der Waals surface area (Å²) in [6.07, 6.45) is 3.08. The van der Waals surface area contributed by atoms with E-state index >= 15 is 0 Å². The summed E-state index contributed by atoms with van der Waals surface area (Å²) in [6.45, 7) is 6.20. The summed E-state index contributed by atoms with van der Waals surface area (Å²) in [5.41, 5.74) is 3.58. The van der Waals surface area contributed by atoms with Crippen LogP contribution in [0.3, 0.4) is 0 Å². The van der Waals surface area contributed by atoms with E-state index < -0.39 is 0 Å². The number of carbonyl (C=O) groups is 1. The van der Waals surface area contributed by atoms with E-state index in [9.17, 15) is 4.79 Å². The summed E-state index contributed by atoms with van der Waals surface area (Å²) < 4.78 is 10.6. The zero-order valence-corrected chi connectivity index (χ0v) is 21.8. The molecule has 0 saturated carbocycles. The minimum atomic E-state index is -0.295. The summed E-state index contributed by atoms with van der Waals surface area (Å²) >= 11 is 0. The van der Waals surface area contributed by atoms with Crippen LogP contribution in [-0.2, 0) is 4.74 Å². The quantitative estimate of drug-likeness (QED) is 0.599. The average molecular weight is 491 g/mol. The molecule has 2 heterocycles. The largest absolute Gasteiger partial charge is 0.497 e. The van der Waals surface area contributed by atoms with Crippen LogP contribution in [0, 0.1) is 5.92 Å². The van der Waals surface area contributed by atoms with Gasteiger partial charge in [-0.2, -0.15) is 4.99 Å². The highest BCUT2D eigenvalue weighted by molar-refractivity contribution is 6.06. The molecular formula is C29H38N4O3. The lowest BCUT2D eigenvalue weighted by molar-refractivity contribution is 0.159. The fourth-order valence-corrected chi connectivity index (χ4v) is 5.23. The molecule has 7 nitrogen and oxygen atoms in total. The third kappa shape index (κ3) is 6.15. The molecule has 0 bridgehead atoms. The maximum Gasteiger partial charge on any atom is 0.343 e. The van der Waals surface area contributed by atoms with E-state index in [-0.39, 0.29) is 18.0 Å². The number of hydrogen-bond acceptors (Lipinski definition) is 4. The van der Waals surface area contributed by atoms with Crippen molar-refractivity contribution in [2.75, 3.05) is 54.1 Å². The molecule has 2 aromatic carbocycles. The topological polar surface area (TPSA) is 66.4 Å². The molecule has 3 atom stereocenters. The predicted octanol–water partition coefficient (Wildman–Crippen LogP) is 4.27. The third-order valence-electron chi connectivity index (χ3n) is 7.29. The van der Waals surface area contributed by atoms with Crippen molar-refractivity contribution in [2.45, 2.75) is 25.3 Å². The Morgan fingerprint density at radius 1 is 1.06 bits per heavy atom. The highest BCUT2D eigenvalue weighted by Crippen LogP contribution is 2.32. The molecule has 4 rings (SSSR count). The molecular weight excluding hydrogens is 452 g/mol. The van der Waals surface area contributed by atoms with Crippen LogP contribution in [0.4, 0.5) is 4.79 Å². The van der Waals surface area contributed by atoms with Gasteiger partial charge in [-0.25, -0.2) is 4.79 Å². The van der Waals surface area contributed by atoms with Gasteiger partial charge in [0, 0.05) is 52.2 Å². The molecule has 1 saturated heterocycles. The molecule has 0 radical (unpaired) electrons. The molecule has 36 heavy (non-hydrogen) atoms. The van der Waals surface area contributed by atoms with Crippen LogP contribution in [-0.4, -0.2) is 81.8 Å². The van der Waals surface area contributed by atoms with E-state index in [1.54, 1.807) is 14.2 Å². The Kier molecular flexibility index (Phi) is 8.78. The Hall–Kier alpha value is -3.16. The molecule has 0 aliphatic carbocycles. The first kappa shape index (κ1) is 25.9. The molecule has 3 unspecified atom stereocenters. The van der Waals surface area contributed by atoms with Gasteiger partial charge in [-0.05, 0) is 41.3 Å². The van der Waals surface area contributed by atoms with Crippen LogP contribution in [0.15, 0.2) is 65.7 Å². The number of aliphatic imine (C=N–C) groups is 1. The lowest BCUT2D eigenvalue weighted by atomic mass is 9.87. The van der Waals surface area contributed by atoms with Crippen LogP contribution in [0.5, 0.6) is 5.75 Å². The molecule has 0 aromatic heterocycles. The number of nitrogens with one attached hydrogen (secondary N) is 1. The van der Waals surface area contributed by atoms with Gasteiger partial charge in [0.05, 0.1) is 19.8 Å². The van der Waals surface area contributed by atoms with Crippen molar-refractivity contribution < 1.29 is 14.3 Å². The molecule has 7 heteroatoms. The van der Waals surface area contributed by atoms with Crippen molar-refractivity contribution in [3.8, 4) is 5.75 Å². The number of carbonyl (C=O) groups excluding carboxylic acids is 1. The van der Waals surface area contributed by atoms with Gasteiger partial charge in [0.1, 0.15) is 11.6 Å². The summed E-state index contributed by atoms with van der Waals surface area (Å²) in [5.74, 6) is 2.11. The first-order chi connectivity index (χ1) is 17.5. The van der Waals surface area contributed by atoms with Gasteiger partial charge in [0.25, 0.3) is 0 Å². The number of ether oxygens (including phenoxy) is 2. The summed E-state index contributed by atoms with van der Waals surface area (Å²) in [4.78, 5) is 22.1.